The van der Waals surface area contributed by atoms with Gasteiger partial charge in [-0.05, 0) is 24.5 Å². The number of hydrogen-bond donors (Lipinski definition) is 5. The van der Waals surface area contributed by atoms with Crippen molar-refractivity contribution in [2.24, 2.45) is 5.73 Å². The number of rotatable bonds is 6. The minimum absolute atomic E-state index is 0.244. The van der Waals surface area contributed by atoms with E-state index >= 15 is 0 Å². The summed E-state index contributed by atoms with van der Waals surface area (Å²) in [6, 6.07) is 10.3. The van der Waals surface area contributed by atoms with E-state index in [-0.39, 0.29) is 6.42 Å². The molecule has 6 N–H and O–H groups in total. The fourth-order valence-electron chi connectivity index (χ4n) is 3.89. The van der Waals surface area contributed by atoms with E-state index in [1.807, 2.05) is 42.6 Å². The first-order chi connectivity index (χ1) is 15.0. The van der Waals surface area contributed by atoms with Gasteiger partial charge < -0.3 is 20.9 Å². The zero-order valence-electron chi connectivity index (χ0n) is 16.9. The summed E-state index contributed by atoms with van der Waals surface area (Å²) >= 11 is 0. The topological polar surface area (TPSA) is 149 Å². The van der Waals surface area contributed by atoms with Crippen molar-refractivity contribution in [1.29, 1.82) is 0 Å². The Morgan fingerprint density at radius 1 is 1.19 bits per heavy atom. The highest BCUT2D eigenvalue weighted by atomic mass is 16.5. The van der Waals surface area contributed by atoms with Gasteiger partial charge in [0.15, 0.2) is 0 Å². The maximum atomic E-state index is 13.0. The maximum absolute atomic E-state index is 13.0. The van der Waals surface area contributed by atoms with Crippen molar-refractivity contribution in [3.8, 4) is 0 Å². The predicted octanol–water partition coefficient (Wildman–Crippen LogP) is 0.489. The third-order valence-electron chi connectivity index (χ3n) is 5.76. The molecule has 1 saturated heterocycles. The van der Waals surface area contributed by atoms with E-state index in [9.17, 15) is 9.59 Å². The lowest BCUT2D eigenvalue weighted by atomic mass is 9.87. The minimum atomic E-state index is -1.12. The molecule has 3 aromatic rings. The molecular formula is C21H25N7O3. The number of amides is 2. The monoisotopic (exact) mass is 423 g/mol. The fourth-order valence-corrected chi connectivity index (χ4v) is 3.89. The Morgan fingerprint density at radius 2 is 1.94 bits per heavy atom. The van der Waals surface area contributed by atoms with E-state index in [0.717, 1.165) is 22.4 Å². The number of hydroxylamine groups is 1. The minimum Gasteiger partial charge on any atom is -0.356 e. The van der Waals surface area contributed by atoms with Gasteiger partial charge in [0, 0.05) is 25.7 Å². The van der Waals surface area contributed by atoms with Gasteiger partial charge in [-0.2, -0.15) is 0 Å². The van der Waals surface area contributed by atoms with E-state index in [0.29, 0.717) is 25.9 Å². The number of benzene rings is 1. The zero-order chi connectivity index (χ0) is 21.8. The summed E-state index contributed by atoms with van der Waals surface area (Å²) in [5, 5.41) is 12.7. The van der Waals surface area contributed by atoms with Crippen LogP contribution in [-0.2, 0) is 16.0 Å². The summed E-state index contributed by atoms with van der Waals surface area (Å²) in [6.07, 6.45) is 4.36. The van der Waals surface area contributed by atoms with Crippen LogP contribution in [0.4, 0.5) is 5.82 Å². The highest BCUT2D eigenvalue weighted by Gasteiger charge is 2.40. The van der Waals surface area contributed by atoms with Crippen LogP contribution < -0.4 is 21.4 Å². The van der Waals surface area contributed by atoms with Crippen LogP contribution in [0, 0.1) is 0 Å². The Kier molecular flexibility index (Phi) is 5.83. The van der Waals surface area contributed by atoms with Gasteiger partial charge in [-0.1, -0.05) is 30.3 Å². The van der Waals surface area contributed by atoms with E-state index in [1.54, 1.807) is 5.48 Å². The first kappa shape index (κ1) is 20.8. The van der Waals surface area contributed by atoms with Gasteiger partial charge in [0.1, 0.15) is 23.8 Å². The number of nitrogens with one attached hydrogen (secondary N) is 3. The second-order valence-corrected chi connectivity index (χ2v) is 7.77. The lowest BCUT2D eigenvalue weighted by Crippen LogP contribution is -2.62. The van der Waals surface area contributed by atoms with Crippen LogP contribution in [0.3, 0.4) is 0 Å². The number of aromatic amines is 1. The molecule has 0 aliphatic carbocycles. The molecule has 1 fully saturated rings. The van der Waals surface area contributed by atoms with E-state index in [1.165, 1.54) is 6.33 Å². The van der Waals surface area contributed by atoms with Crippen molar-refractivity contribution in [2.75, 3.05) is 18.0 Å². The lowest BCUT2D eigenvalue weighted by Gasteiger charge is -2.39. The van der Waals surface area contributed by atoms with E-state index in [4.69, 9.17) is 10.9 Å². The molecule has 10 nitrogen and oxygen atoms in total. The molecule has 4 rings (SSSR count). The quantitative estimate of drug-likeness (QED) is 0.286. The first-order valence-electron chi connectivity index (χ1n) is 10.1. The summed E-state index contributed by atoms with van der Waals surface area (Å²) in [5.74, 6) is -0.296. The molecular weight excluding hydrogens is 398 g/mol. The number of nitrogens with two attached hydrogens (primary N) is 1. The molecule has 0 unspecified atom stereocenters. The van der Waals surface area contributed by atoms with Crippen molar-refractivity contribution < 1.29 is 14.8 Å². The average Bonchev–Trinajstić information content (AvgIpc) is 3.28. The van der Waals surface area contributed by atoms with Gasteiger partial charge in [0.2, 0.25) is 5.91 Å². The average molecular weight is 423 g/mol. The summed E-state index contributed by atoms with van der Waals surface area (Å²) < 4.78 is 0. The molecule has 2 aromatic heterocycles. The van der Waals surface area contributed by atoms with Crippen LogP contribution in [0.5, 0.6) is 0 Å². The molecule has 1 atom stereocenters. The van der Waals surface area contributed by atoms with Crippen molar-refractivity contribution in [2.45, 2.75) is 30.8 Å². The second kappa shape index (κ2) is 8.70. The number of H-pyrrole nitrogens is 1. The number of carbonyl (C=O) groups is 2. The van der Waals surface area contributed by atoms with Crippen LogP contribution in [-0.4, -0.2) is 56.6 Å². The number of hydrogen-bond acceptors (Lipinski definition) is 7. The zero-order valence-corrected chi connectivity index (χ0v) is 16.9. The fraction of sp³-hybridized carbons (Fsp3) is 0.333. The second-order valence-electron chi connectivity index (χ2n) is 7.77. The first-order valence-corrected chi connectivity index (χ1v) is 10.1. The van der Waals surface area contributed by atoms with Crippen LogP contribution in [0.2, 0.25) is 0 Å². The predicted molar refractivity (Wildman–Crippen MR) is 114 cm³/mol. The number of piperidine rings is 1. The smallest absolute Gasteiger partial charge is 0.266 e. The van der Waals surface area contributed by atoms with Gasteiger partial charge in [0.05, 0.1) is 10.9 Å². The number of aromatic nitrogens is 3. The Balaban J connectivity index is 1.43. The molecule has 2 amide bonds. The largest absolute Gasteiger partial charge is 0.356 e. The van der Waals surface area contributed by atoms with Gasteiger partial charge >= 0.3 is 0 Å². The Hall–Kier alpha value is -3.50. The van der Waals surface area contributed by atoms with Crippen LogP contribution in [0.25, 0.3) is 11.0 Å². The SMILES string of the molecule is NC1(C(=O)N[C@H](Cc2ccccc2)C(=O)NO)CCN(c2ncnc3[nH]ccc23)CC1. The number of carbonyl (C=O) groups excluding carboxylic acids is 2. The number of anilines is 1. The molecule has 162 valence electrons. The van der Waals surface area contributed by atoms with Crippen molar-refractivity contribution in [3.05, 3.63) is 54.5 Å². The summed E-state index contributed by atoms with van der Waals surface area (Å²) in [5.41, 5.74) is 8.57. The summed E-state index contributed by atoms with van der Waals surface area (Å²) in [6.45, 7) is 1.08. The molecule has 1 aliphatic heterocycles. The van der Waals surface area contributed by atoms with Crippen molar-refractivity contribution in [1.82, 2.24) is 25.7 Å². The van der Waals surface area contributed by atoms with Crippen molar-refractivity contribution in [3.63, 3.8) is 0 Å². The van der Waals surface area contributed by atoms with Gasteiger partial charge in [-0.25, -0.2) is 15.4 Å². The lowest BCUT2D eigenvalue weighted by molar-refractivity contribution is -0.136. The van der Waals surface area contributed by atoms with Crippen LogP contribution in [0.15, 0.2) is 48.9 Å². The van der Waals surface area contributed by atoms with Gasteiger partial charge in [0.25, 0.3) is 5.91 Å². The van der Waals surface area contributed by atoms with E-state index < -0.39 is 23.4 Å². The van der Waals surface area contributed by atoms with Crippen LogP contribution >= 0.6 is 0 Å². The molecule has 1 aliphatic rings. The van der Waals surface area contributed by atoms with Gasteiger partial charge in [-0.3, -0.25) is 14.8 Å². The van der Waals surface area contributed by atoms with Crippen molar-refractivity contribution >= 4 is 28.7 Å². The molecule has 10 heteroatoms. The standard InChI is InChI=1S/C21H25N7O3/c22-21(20(30)26-16(19(29)27-31)12-14-4-2-1-3-5-14)7-10-28(11-8-21)18-15-6-9-23-17(15)24-13-25-18/h1-6,9,13,16,31H,7-8,10-12,22H2,(H,26,30)(H,27,29)(H,23,24,25)/t16-/m1/s1. The third kappa shape index (κ3) is 4.35. The number of fused-ring (bicyclic) bond motifs is 1. The summed E-state index contributed by atoms with van der Waals surface area (Å²) in [7, 11) is 0. The molecule has 31 heavy (non-hydrogen) atoms. The molecule has 1 aromatic carbocycles. The molecule has 0 bridgehead atoms. The van der Waals surface area contributed by atoms with E-state index in [2.05, 4.69) is 25.2 Å². The highest BCUT2D eigenvalue weighted by molar-refractivity contribution is 5.92. The maximum Gasteiger partial charge on any atom is 0.266 e. The Labute approximate surface area is 178 Å². The Morgan fingerprint density at radius 3 is 2.65 bits per heavy atom. The molecule has 3 heterocycles. The highest BCUT2D eigenvalue weighted by Crippen LogP contribution is 2.28. The number of nitrogens with zero attached hydrogens (tertiary/aromatic N) is 3. The summed E-state index contributed by atoms with van der Waals surface area (Å²) in [4.78, 5) is 38.9. The van der Waals surface area contributed by atoms with Crippen LogP contribution in [0.1, 0.15) is 18.4 Å². The molecule has 0 saturated carbocycles. The normalized spacial score (nSPS) is 16.6. The molecule has 0 radical (unpaired) electrons. The molecule has 0 spiro atoms. The third-order valence-corrected chi connectivity index (χ3v) is 5.76. The Bertz CT molecular complexity index is 1060. The van der Waals surface area contributed by atoms with Gasteiger partial charge in [-0.15, -0.1) is 0 Å².